The van der Waals surface area contributed by atoms with E-state index in [1.807, 2.05) is 23.7 Å². The van der Waals surface area contributed by atoms with E-state index in [4.69, 9.17) is 0 Å². The fourth-order valence-electron chi connectivity index (χ4n) is 3.85. The average molecular weight is 363 g/mol. The third-order valence-electron chi connectivity index (χ3n) is 5.36. The number of aromatic nitrogens is 3. The lowest BCUT2D eigenvalue weighted by molar-refractivity contribution is 0.0948. The van der Waals surface area contributed by atoms with Gasteiger partial charge in [-0.25, -0.2) is 4.68 Å². The molecule has 1 fully saturated rings. The molecule has 0 unspecified atom stereocenters. The van der Waals surface area contributed by atoms with Crippen LogP contribution in [0.2, 0.25) is 0 Å². The number of hydrogen-bond donors (Lipinski definition) is 2. The first-order valence-corrected chi connectivity index (χ1v) is 9.61. The van der Waals surface area contributed by atoms with E-state index in [0.29, 0.717) is 18.3 Å². The Kier molecular flexibility index (Phi) is 5.16. The molecule has 6 heteroatoms. The van der Waals surface area contributed by atoms with Crippen molar-refractivity contribution in [2.24, 2.45) is 0 Å². The lowest BCUT2D eigenvalue weighted by Gasteiger charge is -2.23. The molecule has 140 valence electrons. The Morgan fingerprint density at radius 2 is 1.96 bits per heavy atom. The summed E-state index contributed by atoms with van der Waals surface area (Å²) in [4.78, 5) is 12.6. The van der Waals surface area contributed by atoms with Crippen LogP contribution in [0.3, 0.4) is 0 Å². The molecule has 2 aromatic carbocycles. The SMILES string of the molecule is Cc1c(C(=O)NCCc2cccc3ccccc23)nnn1C1CCNCC1. The van der Waals surface area contributed by atoms with Crippen LogP contribution in [-0.4, -0.2) is 40.5 Å². The first-order valence-electron chi connectivity index (χ1n) is 9.61. The Bertz CT molecular complexity index is 937. The van der Waals surface area contributed by atoms with Gasteiger partial charge in [0.25, 0.3) is 5.91 Å². The molecular formula is C21H25N5O. The van der Waals surface area contributed by atoms with Gasteiger partial charge in [0.2, 0.25) is 0 Å². The summed E-state index contributed by atoms with van der Waals surface area (Å²) in [6.07, 6.45) is 2.83. The number of rotatable bonds is 5. The third-order valence-corrected chi connectivity index (χ3v) is 5.36. The predicted octanol–water partition coefficient (Wildman–Crippen LogP) is 2.64. The molecule has 4 rings (SSSR count). The van der Waals surface area contributed by atoms with Crippen LogP contribution in [0.25, 0.3) is 10.8 Å². The first-order chi connectivity index (χ1) is 13.2. The van der Waals surface area contributed by atoms with Gasteiger partial charge >= 0.3 is 0 Å². The second-order valence-corrected chi connectivity index (χ2v) is 7.09. The molecule has 0 saturated carbocycles. The Morgan fingerprint density at radius 3 is 2.81 bits per heavy atom. The summed E-state index contributed by atoms with van der Waals surface area (Å²) < 4.78 is 1.92. The van der Waals surface area contributed by atoms with Crippen LogP contribution in [0.4, 0.5) is 0 Å². The Morgan fingerprint density at radius 1 is 1.19 bits per heavy atom. The van der Waals surface area contributed by atoms with Crippen molar-refractivity contribution in [1.82, 2.24) is 25.6 Å². The lowest BCUT2D eigenvalue weighted by Crippen LogP contribution is -2.30. The van der Waals surface area contributed by atoms with E-state index >= 15 is 0 Å². The monoisotopic (exact) mass is 363 g/mol. The maximum atomic E-state index is 12.6. The van der Waals surface area contributed by atoms with Crippen LogP contribution in [0.5, 0.6) is 0 Å². The molecule has 0 bridgehead atoms. The maximum Gasteiger partial charge on any atom is 0.273 e. The second-order valence-electron chi connectivity index (χ2n) is 7.09. The Hall–Kier alpha value is -2.73. The van der Waals surface area contributed by atoms with E-state index in [9.17, 15) is 4.79 Å². The van der Waals surface area contributed by atoms with E-state index in [1.165, 1.54) is 16.3 Å². The summed E-state index contributed by atoms with van der Waals surface area (Å²) in [6, 6.07) is 15.0. The summed E-state index contributed by atoms with van der Waals surface area (Å²) in [6.45, 7) is 4.47. The lowest BCUT2D eigenvalue weighted by atomic mass is 10.0. The van der Waals surface area contributed by atoms with E-state index < -0.39 is 0 Å². The minimum atomic E-state index is -0.145. The van der Waals surface area contributed by atoms with Crippen molar-refractivity contribution in [2.45, 2.75) is 32.2 Å². The van der Waals surface area contributed by atoms with Gasteiger partial charge in [0.1, 0.15) is 0 Å². The predicted molar refractivity (Wildman–Crippen MR) is 106 cm³/mol. The van der Waals surface area contributed by atoms with E-state index in [-0.39, 0.29) is 5.91 Å². The molecule has 0 aliphatic carbocycles. The topological polar surface area (TPSA) is 71.8 Å². The highest BCUT2D eigenvalue weighted by Gasteiger charge is 2.22. The number of carbonyl (C=O) groups is 1. The van der Waals surface area contributed by atoms with E-state index in [0.717, 1.165) is 38.0 Å². The maximum absolute atomic E-state index is 12.6. The molecule has 1 amide bonds. The molecule has 3 aromatic rings. The molecule has 1 aliphatic rings. The van der Waals surface area contributed by atoms with Gasteiger partial charge in [-0.15, -0.1) is 5.10 Å². The molecule has 27 heavy (non-hydrogen) atoms. The number of piperidine rings is 1. The van der Waals surface area contributed by atoms with Crippen molar-refractivity contribution in [1.29, 1.82) is 0 Å². The highest BCUT2D eigenvalue weighted by atomic mass is 16.2. The van der Waals surface area contributed by atoms with Gasteiger partial charge in [-0.05, 0) is 55.6 Å². The van der Waals surface area contributed by atoms with Crippen LogP contribution in [0, 0.1) is 6.92 Å². The summed E-state index contributed by atoms with van der Waals surface area (Å²) >= 11 is 0. The number of fused-ring (bicyclic) bond motifs is 1. The van der Waals surface area contributed by atoms with Gasteiger partial charge in [0.15, 0.2) is 5.69 Å². The number of nitrogens with one attached hydrogen (secondary N) is 2. The Labute approximate surface area is 159 Å². The zero-order valence-electron chi connectivity index (χ0n) is 15.6. The molecule has 1 aliphatic heterocycles. The molecule has 0 radical (unpaired) electrons. The number of nitrogens with zero attached hydrogens (tertiary/aromatic N) is 3. The Balaban J connectivity index is 1.40. The van der Waals surface area contributed by atoms with Crippen molar-refractivity contribution in [3.63, 3.8) is 0 Å². The van der Waals surface area contributed by atoms with Crippen molar-refractivity contribution in [2.75, 3.05) is 19.6 Å². The van der Waals surface area contributed by atoms with Crippen molar-refractivity contribution in [3.8, 4) is 0 Å². The van der Waals surface area contributed by atoms with Gasteiger partial charge in [0, 0.05) is 6.54 Å². The zero-order chi connectivity index (χ0) is 18.6. The number of hydrogen-bond acceptors (Lipinski definition) is 4. The molecule has 0 spiro atoms. The van der Waals surface area contributed by atoms with Gasteiger partial charge < -0.3 is 10.6 Å². The number of carbonyl (C=O) groups excluding carboxylic acids is 1. The fourth-order valence-corrected chi connectivity index (χ4v) is 3.85. The van der Waals surface area contributed by atoms with Crippen LogP contribution in [0.15, 0.2) is 42.5 Å². The van der Waals surface area contributed by atoms with Gasteiger partial charge in [-0.2, -0.15) is 0 Å². The summed E-state index contributed by atoms with van der Waals surface area (Å²) in [5.41, 5.74) is 2.53. The van der Waals surface area contributed by atoms with E-state index in [2.05, 4.69) is 51.3 Å². The summed E-state index contributed by atoms with van der Waals surface area (Å²) in [5.74, 6) is -0.145. The third kappa shape index (κ3) is 3.71. The van der Waals surface area contributed by atoms with Gasteiger partial charge in [-0.1, -0.05) is 47.7 Å². The van der Waals surface area contributed by atoms with Gasteiger partial charge in [0.05, 0.1) is 11.7 Å². The summed E-state index contributed by atoms with van der Waals surface area (Å²) in [5, 5.41) is 17.2. The normalized spacial score (nSPS) is 15.1. The molecule has 1 aromatic heterocycles. The molecule has 0 atom stereocenters. The molecule has 2 heterocycles. The molecular weight excluding hydrogens is 338 g/mol. The molecule has 1 saturated heterocycles. The molecule has 6 nitrogen and oxygen atoms in total. The van der Waals surface area contributed by atoms with Crippen molar-refractivity contribution in [3.05, 3.63) is 59.4 Å². The van der Waals surface area contributed by atoms with Crippen molar-refractivity contribution >= 4 is 16.7 Å². The average Bonchev–Trinajstić information content (AvgIpc) is 3.10. The van der Waals surface area contributed by atoms with Crippen LogP contribution in [-0.2, 0) is 6.42 Å². The fraction of sp³-hybridized carbons (Fsp3) is 0.381. The van der Waals surface area contributed by atoms with Gasteiger partial charge in [-0.3, -0.25) is 4.79 Å². The minimum Gasteiger partial charge on any atom is -0.350 e. The zero-order valence-corrected chi connectivity index (χ0v) is 15.6. The minimum absolute atomic E-state index is 0.145. The smallest absolute Gasteiger partial charge is 0.273 e. The van der Waals surface area contributed by atoms with E-state index in [1.54, 1.807) is 0 Å². The first kappa shape index (κ1) is 17.7. The van der Waals surface area contributed by atoms with Crippen LogP contribution in [0.1, 0.15) is 40.6 Å². The number of benzene rings is 2. The molecule has 2 N–H and O–H groups in total. The summed E-state index contributed by atoms with van der Waals surface area (Å²) in [7, 11) is 0. The van der Waals surface area contributed by atoms with Crippen LogP contribution < -0.4 is 10.6 Å². The van der Waals surface area contributed by atoms with Crippen molar-refractivity contribution < 1.29 is 4.79 Å². The second kappa shape index (κ2) is 7.88. The largest absolute Gasteiger partial charge is 0.350 e. The number of amides is 1. The van der Waals surface area contributed by atoms with Crippen LogP contribution >= 0.6 is 0 Å². The highest BCUT2D eigenvalue weighted by Crippen LogP contribution is 2.21. The quantitative estimate of drug-likeness (QED) is 0.731. The standard InChI is InChI=1S/C21H25N5O/c1-15-20(24-25-26(15)18-10-12-22-13-11-18)21(27)23-14-9-17-7-4-6-16-5-2-3-8-19(16)17/h2-8,18,22H,9-14H2,1H3,(H,23,27). The highest BCUT2D eigenvalue weighted by molar-refractivity contribution is 5.93.